The number of aryl methyl sites for hydroxylation is 1. The van der Waals surface area contributed by atoms with Crippen LogP contribution < -0.4 is 10.6 Å². The fourth-order valence-electron chi connectivity index (χ4n) is 1.99. The van der Waals surface area contributed by atoms with Crippen LogP contribution in [0.4, 0.5) is 17.5 Å². The summed E-state index contributed by atoms with van der Waals surface area (Å²) in [4.78, 5) is 8.88. The third kappa shape index (κ3) is 3.65. The maximum absolute atomic E-state index is 5.30. The van der Waals surface area contributed by atoms with Gasteiger partial charge in [0, 0.05) is 16.2 Å². The van der Waals surface area contributed by atoms with E-state index in [1.54, 1.807) is 6.26 Å². The van der Waals surface area contributed by atoms with Crippen LogP contribution in [0.5, 0.6) is 0 Å². The maximum atomic E-state index is 5.30. The second kappa shape index (κ2) is 6.62. The van der Waals surface area contributed by atoms with Crippen molar-refractivity contribution in [3.63, 3.8) is 0 Å². The van der Waals surface area contributed by atoms with Gasteiger partial charge in [0.25, 0.3) is 0 Å². The van der Waals surface area contributed by atoms with Crippen LogP contribution in [0.25, 0.3) is 0 Å². The molecule has 0 bridgehead atoms. The van der Waals surface area contributed by atoms with Crippen LogP contribution >= 0.6 is 15.9 Å². The zero-order chi connectivity index (χ0) is 15.4. The Bertz CT molecular complexity index is 759. The van der Waals surface area contributed by atoms with Crippen molar-refractivity contribution in [1.82, 2.24) is 9.97 Å². The number of benzene rings is 1. The van der Waals surface area contributed by atoms with E-state index in [4.69, 9.17) is 4.42 Å². The first kappa shape index (κ1) is 14.6. The highest BCUT2D eigenvalue weighted by Crippen LogP contribution is 2.24. The monoisotopic (exact) mass is 358 g/mol. The second-order valence-corrected chi connectivity index (χ2v) is 5.61. The molecule has 0 atom stereocenters. The van der Waals surface area contributed by atoms with Gasteiger partial charge in [0.2, 0.25) is 5.95 Å². The summed E-state index contributed by atoms with van der Waals surface area (Å²) in [5, 5.41) is 6.45. The number of rotatable bonds is 5. The van der Waals surface area contributed by atoms with Crippen LogP contribution in [0, 0.1) is 6.92 Å². The molecule has 0 fully saturated rings. The highest BCUT2D eigenvalue weighted by Gasteiger charge is 2.05. The Hall–Kier alpha value is -2.34. The van der Waals surface area contributed by atoms with Crippen LogP contribution in [0.2, 0.25) is 0 Å². The van der Waals surface area contributed by atoms with E-state index in [2.05, 4.69) is 36.5 Å². The summed E-state index contributed by atoms with van der Waals surface area (Å²) in [7, 11) is 0. The Balaban J connectivity index is 1.76. The average molecular weight is 359 g/mol. The predicted molar refractivity (Wildman–Crippen MR) is 90.2 cm³/mol. The molecule has 3 aromatic rings. The van der Waals surface area contributed by atoms with Crippen molar-refractivity contribution in [2.24, 2.45) is 0 Å². The SMILES string of the molecule is Cc1cc(NCc2ccco2)nc(Nc2ccccc2Br)n1. The highest BCUT2D eigenvalue weighted by molar-refractivity contribution is 9.10. The molecule has 0 spiro atoms. The van der Waals surface area contributed by atoms with Gasteiger partial charge in [0.15, 0.2) is 0 Å². The molecule has 1 aromatic carbocycles. The minimum atomic E-state index is 0.550. The highest BCUT2D eigenvalue weighted by atomic mass is 79.9. The fourth-order valence-corrected chi connectivity index (χ4v) is 2.37. The summed E-state index contributed by atoms with van der Waals surface area (Å²) in [6.45, 7) is 2.52. The number of nitrogens with zero attached hydrogens (tertiary/aromatic N) is 2. The van der Waals surface area contributed by atoms with Gasteiger partial charge in [0.1, 0.15) is 11.6 Å². The van der Waals surface area contributed by atoms with Gasteiger partial charge in [-0.05, 0) is 47.1 Å². The molecular weight excluding hydrogens is 344 g/mol. The van der Waals surface area contributed by atoms with Gasteiger partial charge < -0.3 is 15.1 Å². The van der Waals surface area contributed by atoms with Crippen LogP contribution in [-0.4, -0.2) is 9.97 Å². The Kier molecular flexibility index (Phi) is 4.39. The van der Waals surface area contributed by atoms with Crippen molar-refractivity contribution in [3.05, 3.63) is 64.7 Å². The Morgan fingerprint density at radius 1 is 1.14 bits per heavy atom. The van der Waals surface area contributed by atoms with Crippen LogP contribution in [-0.2, 0) is 6.54 Å². The lowest BCUT2D eigenvalue weighted by molar-refractivity contribution is 0.518. The Morgan fingerprint density at radius 2 is 2.00 bits per heavy atom. The van der Waals surface area contributed by atoms with Crippen LogP contribution in [0.3, 0.4) is 0 Å². The van der Waals surface area contributed by atoms with E-state index >= 15 is 0 Å². The number of para-hydroxylation sites is 1. The molecule has 22 heavy (non-hydrogen) atoms. The number of hydrogen-bond acceptors (Lipinski definition) is 5. The molecule has 0 amide bonds. The molecular formula is C16H15BrN4O. The van der Waals surface area contributed by atoms with E-state index in [-0.39, 0.29) is 0 Å². The van der Waals surface area contributed by atoms with Crippen molar-refractivity contribution in [1.29, 1.82) is 0 Å². The lowest BCUT2D eigenvalue weighted by Crippen LogP contribution is -2.05. The van der Waals surface area contributed by atoms with Crippen molar-refractivity contribution in [2.45, 2.75) is 13.5 Å². The summed E-state index contributed by atoms with van der Waals surface area (Å²) in [5.74, 6) is 2.16. The number of halogens is 1. The number of hydrogen-bond donors (Lipinski definition) is 2. The summed E-state index contributed by atoms with van der Waals surface area (Å²) in [6, 6.07) is 13.5. The van der Waals surface area contributed by atoms with E-state index < -0.39 is 0 Å². The zero-order valence-corrected chi connectivity index (χ0v) is 13.6. The molecule has 0 aliphatic rings. The third-order valence-electron chi connectivity index (χ3n) is 3.00. The van der Waals surface area contributed by atoms with E-state index in [1.165, 1.54) is 0 Å². The number of furan rings is 1. The van der Waals surface area contributed by atoms with E-state index in [0.717, 1.165) is 27.4 Å². The Morgan fingerprint density at radius 3 is 2.77 bits per heavy atom. The topological polar surface area (TPSA) is 63.0 Å². The van der Waals surface area contributed by atoms with Gasteiger partial charge in [-0.25, -0.2) is 4.98 Å². The third-order valence-corrected chi connectivity index (χ3v) is 3.69. The van der Waals surface area contributed by atoms with Crippen molar-refractivity contribution in [2.75, 3.05) is 10.6 Å². The van der Waals surface area contributed by atoms with Crippen LogP contribution in [0.15, 0.2) is 57.6 Å². The molecule has 0 aliphatic carbocycles. The first-order valence-corrected chi connectivity index (χ1v) is 7.63. The molecule has 0 saturated heterocycles. The molecule has 0 aliphatic heterocycles. The first-order chi connectivity index (χ1) is 10.7. The van der Waals surface area contributed by atoms with E-state index in [9.17, 15) is 0 Å². The fraction of sp³-hybridized carbons (Fsp3) is 0.125. The molecule has 2 N–H and O–H groups in total. The molecule has 2 aromatic heterocycles. The molecule has 112 valence electrons. The summed E-state index contributed by atoms with van der Waals surface area (Å²) in [5.41, 5.74) is 1.80. The molecule has 0 saturated carbocycles. The lowest BCUT2D eigenvalue weighted by Gasteiger charge is -2.10. The molecule has 2 heterocycles. The Labute approximate surface area is 136 Å². The standard InChI is InChI=1S/C16H15BrN4O/c1-11-9-15(18-10-12-5-4-8-22-12)21-16(19-11)20-14-7-3-2-6-13(14)17/h2-9H,10H2,1H3,(H2,18,19,20,21). The summed E-state index contributed by atoms with van der Waals surface area (Å²) in [6.07, 6.45) is 1.65. The minimum absolute atomic E-state index is 0.550. The largest absolute Gasteiger partial charge is 0.467 e. The lowest BCUT2D eigenvalue weighted by atomic mass is 10.3. The summed E-state index contributed by atoms with van der Waals surface area (Å²) < 4.78 is 6.26. The number of aromatic nitrogens is 2. The molecule has 6 heteroatoms. The van der Waals surface area contributed by atoms with Gasteiger partial charge in [-0.1, -0.05) is 12.1 Å². The van der Waals surface area contributed by atoms with Gasteiger partial charge in [-0.3, -0.25) is 0 Å². The van der Waals surface area contributed by atoms with Crippen molar-refractivity contribution in [3.8, 4) is 0 Å². The first-order valence-electron chi connectivity index (χ1n) is 6.84. The quantitative estimate of drug-likeness (QED) is 0.703. The van der Waals surface area contributed by atoms with Gasteiger partial charge >= 0.3 is 0 Å². The average Bonchev–Trinajstić information content (AvgIpc) is 3.00. The summed E-state index contributed by atoms with van der Waals surface area (Å²) >= 11 is 3.50. The van der Waals surface area contributed by atoms with Crippen molar-refractivity contribution < 1.29 is 4.42 Å². The zero-order valence-electron chi connectivity index (χ0n) is 12.0. The normalized spacial score (nSPS) is 10.5. The minimum Gasteiger partial charge on any atom is -0.467 e. The smallest absolute Gasteiger partial charge is 0.229 e. The molecule has 5 nitrogen and oxygen atoms in total. The maximum Gasteiger partial charge on any atom is 0.229 e. The van der Waals surface area contributed by atoms with Crippen molar-refractivity contribution >= 4 is 33.4 Å². The van der Waals surface area contributed by atoms with Gasteiger partial charge in [-0.15, -0.1) is 0 Å². The number of nitrogens with one attached hydrogen (secondary N) is 2. The van der Waals surface area contributed by atoms with E-state index in [1.807, 2.05) is 49.4 Å². The van der Waals surface area contributed by atoms with Crippen LogP contribution in [0.1, 0.15) is 11.5 Å². The van der Waals surface area contributed by atoms with Gasteiger partial charge in [-0.2, -0.15) is 4.98 Å². The molecule has 3 rings (SSSR count). The number of anilines is 3. The molecule has 0 radical (unpaired) electrons. The predicted octanol–water partition coefficient (Wildman–Crippen LogP) is 4.50. The second-order valence-electron chi connectivity index (χ2n) is 4.76. The molecule has 0 unspecified atom stereocenters. The van der Waals surface area contributed by atoms with Gasteiger partial charge in [0.05, 0.1) is 18.5 Å². The van der Waals surface area contributed by atoms with E-state index in [0.29, 0.717) is 12.5 Å².